The van der Waals surface area contributed by atoms with Crippen LogP contribution >= 0.6 is 0 Å². The standard InChI is InChI=1S/C11H22N2O3S/c1-2-16-10-8-9(11(10)4-3-5-11)13-6-7-17(12,14)15/h9-10,13H,2-8H2,1H3,(H2,12,14,15). The van der Waals surface area contributed by atoms with Gasteiger partial charge in [-0.15, -0.1) is 0 Å². The fraction of sp³-hybridized carbons (Fsp3) is 1.00. The number of ether oxygens (including phenoxy) is 1. The molecule has 0 bridgehead atoms. The smallest absolute Gasteiger partial charge is 0.210 e. The van der Waals surface area contributed by atoms with Crippen molar-refractivity contribution in [3.63, 3.8) is 0 Å². The zero-order valence-electron chi connectivity index (χ0n) is 10.3. The van der Waals surface area contributed by atoms with E-state index in [2.05, 4.69) is 5.32 Å². The molecule has 2 fully saturated rings. The maximum atomic E-state index is 10.8. The molecule has 2 aliphatic rings. The molecule has 2 atom stereocenters. The lowest BCUT2D eigenvalue weighted by Gasteiger charge is -2.61. The van der Waals surface area contributed by atoms with Crippen LogP contribution in [0, 0.1) is 5.41 Å². The third-order valence-electron chi connectivity index (χ3n) is 4.21. The van der Waals surface area contributed by atoms with E-state index in [0.29, 0.717) is 18.7 Å². The molecule has 1 spiro atoms. The van der Waals surface area contributed by atoms with Crippen molar-refractivity contribution in [3.8, 4) is 0 Å². The molecule has 5 nitrogen and oxygen atoms in total. The minimum absolute atomic E-state index is 0.0128. The first-order valence-corrected chi connectivity index (χ1v) is 8.05. The van der Waals surface area contributed by atoms with Crippen molar-refractivity contribution in [2.24, 2.45) is 10.6 Å². The van der Waals surface area contributed by atoms with Gasteiger partial charge in [0.15, 0.2) is 0 Å². The summed E-state index contributed by atoms with van der Waals surface area (Å²) in [5.74, 6) is 0.0128. The monoisotopic (exact) mass is 262 g/mol. The van der Waals surface area contributed by atoms with Crippen molar-refractivity contribution < 1.29 is 13.2 Å². The molecule has 6 heteroatoms. The van der Waals surface area contributed by atoms with Gasteiger partial charge < -0.3 is 10.1 Å². The molecule has 2 aliphatic carbocycles. The van der Waals surface area contributed by atoms with Crippen LogP contribution in [0.3, 0.4) is 0 Å². The number of nitrogens with two attached hydrogens (primary N) is 1. The van der Waals surface area contributed by atoms with Crippen LogP contribution in [0.4, 0.5) is 0 Å². The Hall–Kier alpha value is -0.170. The Labute approximate surface area is 103 Å². The highest BCUT2D eigenvalue weighted by Crippen LogP contribution is 2.57. The first kappa shape index (κ1) is 13.3. The van der Waals surface area contributed by atoms with Gasteiger partial charge in [0.05, 0.1) is 11.9 Å². The summed E-state index contributed by atoms with van der Waals surface area (Å²) in [6.45, 7) is 3.23. The van der Waals surface area contributed by atoms with E-state index < -0.39 is 10.0 Å². The number of nitrogens with one attached hydrogen (secondary N) is 1. The molecule has 3 N–H and O–H groups in total. The van der Waals surface area contributed by atoms with E-state index in [-0.39, 0.29) is 11.2 Å². The van der Waals surface area contributed by atoms with Crippen LogP contribution in [0.15, 0.2) is 0 Å². The van der Waals surface area contributed by atoms with Crippen LogP contribution in [-0.2, 0) is 14.8 Å². The van der Waals surface area contributed by atoms with Crippen molar-refractivity contribution in [1.82, 2.24) is 5.32 Å². The van der Waals surface area contributed by atoms with E-state index in [1.54, 1.807) is 0 Å². The Morgan fingerprint density at radius 3 is 2.65 bits per heavy atom. The average molecular weight is 262 g/mol. The van der Waals surface area contributed by atoms with Gasteiger partial charge in [0.25, 0.3) is 0 Å². The summed E-state index contributed by atoms with van der Waals surface area (Å²) < 4.78 is 27.4. The summed E-state index contributed by atoms with van der Waals surface area (Å²) in [5, 5.41) is 8.30. The van der Waals surface area contributed by atoms with Crippen LogP contribution < -0.4 is 10.5 Å². The van der Waals surface area contributed by atoms with E-state index in [4.69, 9.17) is 9.88 Å². The van der Waals surface area contributed by atoms with E-state index in [0.717, 1.165) is 13.0 Å². The summed E-state index contributed by atoms with van der Waals surface area (Å²) in [4.78, 5) is 0. The Morgan fingerprint density at radius 2 is 2.18 bits per heavy atom. The van der Waals surface area contributed by atoms with Gasteiger partial charge in [-0.25, -0.2) is 13.6 Å². The van der Waals surface area contributed by atoms with Crippen LogP contribution in [0.5, 0.6) is 0 Å². The van der Waals surface area contributed by atoms with E-state index in [1.165, 1.54) is 19.3 Å². The Balaban J connectivity index is 1.79. The lowest BCUT2D eigenvalue weighted by Crippen LogP contribution is -2.67. The number of hydrogen-bond donors (Lipinski definition) is 2. The summed E-state index contributed by atoms with van der Waals surface area (Å²) in [6, 6.07) is 0.412. The van der Waals surface area contributed by atoms with Gasteiger partial charge in [-0.05, 0) is 26.2 Å². The van der Waals surface area contributed by atoms with Crippen molar-refractivity contribution in [3.05, 3.63) is 0 Å². The zero-order chi connectivity index (χ0) is 12.5. The molecule has 0 heterocycles. The molecule has 0 radical (unpaired) electrons. The van der Waals surface area contributed by atoms with Gasteiger partial charge in [-0.2, -0.15) is 0 Å². The molecular formula is C11H22N2O3S. The van der Waals surface area contributed by atoms with Gasteiger partial charge in [0, 0.05) is 24.6 Å². The molecule has 0 aromatic carbocycles. The fourth-order valence-electron chi connectivity index (χ4n) is 3.10. The van der Waals surface area contributed by atoms with Gasteiger partial charge in [0.1, 0.15) is 0 Å². The second-order valence-corrected chi connectivity index (χ2v) is 6.87. The first-order chi connectivity index (χ1) is 7.98. The van der Waals surface area contributed by atoms with Crippen LogP contribution in [0.25, 0.3) is 0 Å². The summed E-state index contributed by atoms with van der Waals surface area (Å²) in [5.41, 5.74) is 0.286. The molecule has 100 valence electrons. The highest BCUT2D eigenvalue weighted by Gasteiger charge is 2.58. The largest absolute Gasteiger partial charge is 0.378 e. The van der Waals surface area contributed by atoms with E-state index in [1.807, 2.05) is 6.92 Å². The predicted octanol–water partition coefficient (Wildman–Crippen LogP) is 0.212. The van der Waals surface area contributed by atoms with Crippen LogP contribution in [0.1, 0.15) is 32.6 Å². The normalized spacial score (nSPS) is 30.9. The van der Waals surface area contributed by atoms with Gasteiger partial charge in [0.2, 0.25) is 10.0 Å². The number of hydrogen-bond acceptors (Lipinski definition) is 4. The quantitative estimate of drug-likeness (QED) is 0.717. The van der Waals surface area contributed by atoms with Crippen molar-refractivity contribution in [2.75, 3.05) is 18.9 Å². The van der Waals surface area contributed by atoms with Gasteiger partial charge in [-0.1, -0.05) is 6.42 Å². The lowest BCUT2D eigenvalue weighted by atomic mass is 9.51. The molecule has 2 rings (SSSR count). The van der Waals surface area contributed by atoms with E-state index in [9.17, 15) is 8.42 Å². The summed E-state index contributed by atoms with van der Waals surface area (Å²) in [7, 11) is -3.35. The average Bonchev–Trinajstić information content (AvgIpc) is 2.10. The SMILES string of the molecule is CCOC1CC(NCCS(N)(=O)=O)C12CCC2. The predicted molar refractivity (Wildman–Crippen MR) is 66.1 cm³/mol. The van der Waals surface area contributed by atoms with Crippen molar-refractivity contribution in [2.45, 2.75) is 44.8 Å². The van der Waals surface area contributed by atoms with E-state index >= 15 is 0 Å². The second kappa shape index (κ2) is 4.84. The molecule has 0 aliphatic heterocycles. The number of primary sulfonamides is 1. The minimum atomic E-state index is -3.35. The van der Waals surface area contributed by atoms with Crippen LogP contribution in [-0.4, -0.2) is 39.5 Å². The Morgan fingerprint density at radius 1 is 1.47 bits per heavy atom. The third-order valence-corrected chi connectivity index (χ3v) is 4.99. The molecule has 2 unspecified atom stereocenters. The van der Waals surface area contributed by atoms with Crippen molar-refractivity contribution >= 4 is 10.0 Å². The topological polar surface area (TPSA) is 81.4 Å². The molecule has 2 saturated carbocycles. The third kappa shape index (κ3) is 2.65. The Kier molecular flexibility index (Phi) is 3.77. The molecule has 0 amide bonds. The number of rotatable bonds is 6. The lowest BCUT2D eigenvalue weighted by molar-refractivity contribution is -0.172. The molecule has 0 aromatic rings. The maximum Gasteiger partial charge on any atom is 0.210 e. The zero-order valence-corrected chi connectivity index (χ0v) is 11.1. The first-order valence-electron chi connectivity index (χ1n) is 6.33. The molecular weight excluding hydrogens is 240 g/mol. The summed E-state index contributed by atoms with van der Waals surface area (Å²) >= 11 is 0. The van der Waals surface area contributed by atoms with Gasteiger partial charge in [-0.3, -0.25) is 0 Å². The molecule has 0 saturated heterocycles. The van der Waals surface area contributed by atoms with Gasteiger partial charge >= 0.3 is 0 Å². The molecule has 0 aromatic heterocycles. The highest BCUT2D eigenvalue weighted by atomic mass is 32.2. The molecule has 17 heavy (non-hydrogen) atoms. The number of sulfonamides is 1. The fourth-order valence-corrected chi connectivity index (χ4v) is 3.50. The second-order valence-electron chi connectivity index (χ2n) is 5.14. The summed E-state index contributed by atoms with van der Waals surface area (Å²) in [6.07, 6.45) is 5.03. The van der Waals surface area contributed by atoms with Crippen LogP contribution in [0.2, 0.25) is 0 Å². The van der Waals surface area contributed by atoms with Crippen molar-refractivity contribution in [1.29, 1.82) is 0 Å². The minimum Gasteiger partial charge on any atom is -0.378 e. The Bertz CT molecular complexity index is 365. The maximum absolute atomic E-state index is 10.8. The highest BCUT2D eigenvalue weighted by molar-refractivity contribution is 7.89.